The Morgan fingerprint density at radius 1 is 1.11 bits per heavy atom. The van der Waals surface area contributed by atoms with E-state index in [4.69, 9.17) is 11.6 Å². The number of halogens is 1. The Morgan fingerprint density at radius 2 is 1.84 bits per heavy atom. The van der Waals surface area contributed by atoms with Crippen molar-refractivity contribution in [2.45, 2.75) is 47.6 Å². The smallest absolute Gasteiger partial charge is 0.269 e. The first kappa shape index (κ1) is 31.4. The Balaban J connectivity index is 1.98. The van der Waals surface area contributed by atoms with Crippen molar-refractivity contribution < 1.29 is 4.79 Å². The summed E-state index contributed by atoms with van der Waals surface area (Å²) in [4.78, 5) is 26.2. The van der Waals surface area contributed by atoms with Gasteiger partial charge in [-0.1, -0.05) is 58.4 Å². The molecule has 0 aliphatic heterocycles. The molecule has 208 valence electrons. The summed E-state index contributed by atoms with van der Waals surface area (Å²) >= 11 is 6.31. The molecule has 0 saturated carbocycles. The number of anilines is 1. The summed E-state index contributed by atoms with van der Waals surface area (Å²) in [6, 6.07) is 9.49. The lowest BCUT2D eigenvalue weighted by Crippen LogP contribution is -2.45. The van der Waals surface area contributed by atoms with Crippen LogP contribution in [0.2, 0.25) is 5.02 Å². The topological polar surface area (TPSA) is 100 Å². The third-order valence-electron chi connectivity index (χ3n) is 6.16. The lowest BCUT2D eigenvalue weighted by atomic mass is 10.1. The minimum Gasteiger partial charge on any atom is -0.311 e. The maximum atomic E-state index is 13.2. The number of hydrogen-bond donors (Lipinski definition) is 2. The quantitative estimate of drug-likeness (QED) is 0.229. The van der Waals surface area contributed by atoms with Gasteiger partial charge in [-0.25, -0.2) is 4.98 Å². The highest BCUT2D eigenvalue weighted by Crippen LogP contribution is 2.22. The van der Waals surface area contributed by atoms with Crippen LogP contribution in [0.15, 0.2) is 30.5 Å². The van der Waals surface area contributed by atoms with Crippen LogP contribution in [0.1, 0.15) is 62.8 Å². The van der Waals surface area contributed by atoms with Crippen LogP contribution in [-0.2, 0) is 6.54 Å². The number of hydrogen-bond acceptors (Lipinski definition) is 8. The number of carbonyl (C=O) groups excluding carboxylic acids is 1. The van der Waals surface area contributed by atoms with Gasteiger partial charge in [0.05, 0.1) is 6.20 Å². The third-order valence-corrected chi connectivity index (χ3v) is 6.42. The number of nitriles is 1. The molecule has 2 rings (SSSR count). The first-order chi connectivity index (χ1) is 18.3. The second-order valence-electron chi connectivity index (χ2n) is 9.67. The Labute approximate surface area is 233 Å². The normalized spacial score (nSPS) is 11.3. The zero-order valence-corrected chi connectivity index (χ0v) is 24.3. The second kappa shape index (κ2) is 16.9. The lowest BCUT2D eigenvalue weighted by Gasteiger charge is -2.26. The van der Waals surface area contributed by atoms with E-state index in [1.165, 1.54) is 6.20 Å². The Kier molecular flexibility index (Phi) is 14.0. The number of aromatic nitrogens is 2. The maximum absolute atomic E-state index is 13.2. The van der Waals surface area contributed by atoms with Gasteiger partial charge in [-0.2, -0.15) is 10.2 Å². The van der Waals surface area contributed by atoms with Gasteiger partial charge in [0.25, 0.3) is 5.91 Å². The molecule has 0 aliphatic carbocycles. The summed E-state index contributed by atoms with van der Waals surface area (Å²) in [7, 11) is 0. The summed E-state index contributed by atoms with van der Waals surface area (Å²) in [5.41, 5.74) is 4.48. The number of nitrogens with zero attached hydrogens (tertiary/aromatic N) is 6. The van der Waals surface area contributed by atoms with Crippen LogP contribution >= 0.6 is 11.6 Å². The summed E-state index contributed by atoms with van der Waals surface area (Å²) in [6.45, 7) is 19.1. The molecule has 9 nitrogen and oxygen atoms in total. The van der Waals surface area contributed by atoms with Gasteiger partial charge in [0.15, 0.2) is 5.82 Å². The van der Waals surface area contributed by atoms with Gasteiger partial charge in [0.2, 0.25) is 5.82 Å². The van der Waals surface area contributed by atoms with Crippen molar-refractivity contribution in [3.05, 3.63) is 52.4 Å². The monoisotopic (exact) mass is 542 g/mol. The Bertz CT molecular complexity index is 1040. The number of carbonyl (C=O) groups is 1. The van der Waals surface area contributed by atoms with E-state index >= 15 is 0 Å². The van der Waals surface area contributed by atoms with Crippen molar-refractivity contribution in [2.24, 2.45) is 5.92 Å². The first-order valence-electron chi connectivity index (χ1n) is 13.6. The molecule has 0 fully saturated rings. The van der Waals surface area contributed by atoms with Crippen molar-refractivity contribution >= 4 is 23.3 Å². The molecule has 1 aromatic heterocycles. The van der Waals surface area contributed by atoms with Crippen LogP contribution in [0.4, 0.5) is 5.82 Å². The SMILES string of the molecule is CCCN(CCNCc1cccc(C(=O)NN(CC(C)C)c2nc(C#N)ncc2Cl)c1)CCN(CC)CC. The van der Waals surface area contributed by atoms with Crippen molar-refractivity contribution in [1.29, 1.82) is 5.26 Å². The maximum Gasteiger partial charge on any atom is 0.269 e. The van der Waals surface area contributed by atoms with Crippen LogP contribution in [0.3, 0.4) is 0 Å². The molecule has 1 amide bonds. The van der Waals surface area contributed by atoms with Crippen LogP contribution in [0.25, 0.3) is 0 Å². The fourth-order valence-electron chi connectivity index (χ4n) is 4.11. The summed E-state index contributed by atoms with van der Waals surface area (Å²) in [5.74, 6) is 0.231. The lowest BCUT2D eigenvalue weighted by molar-refractivity contribution is 0.0947. The molecule has 0 atom stereocenters. The molecule has 2 N–H and O–H groups in total. The van der Waals surface area contributed by atoms with E-state index in [2.05, 4.69) is 51.3 Å². The summed E-state index contributed by atoms with van der Waals surface area (Å²) < 4.78 is 0. The van der Waals surface area contributed by atoms with Crippen LogP contribution in [0, 0.1) is 17.2 Å². The van der Waals surface area contributed by atoms with E-state index in [1.807, 2.05) is 38.1 Å². The molecule has 0 unspecified atom stereocenters. The van der Waals surface area contributed by atoms with Gasteiger partial charge in [0.1, 0.15) is 11.1 Å². The number of rotatable bonds is 17. The average Bonchev–Trinajstić information content (AvgIpc) is 2.91. The second-order valence-corrected chi connectivity index (χ2v) is 10.1. The molecule has 0 bridgehead atoms. The van der Waals surface area contributed by atoms with Crippen molar-refractivity contribution in [1.82, 2.24) is 30.5 Å². The van der Waals surface area contributed by atoms with Gasteiger partial charge in [-0.15, -0.1) is 0 Å². The van der Waals surface area contributed by atoms with Crippen molar-refractivity contribution in [3.8, 4) is 6.07 Å². The minimum absolute atomic E-state index is 0.00830. The van der Waals surface area contributed by atoms with Crippen molar-refractivity contribution in [2.75, 3.05) is 57.4 Å². The number of benzene rings is 1. The molecule has 1 aromatic carbocycles. The van der Waals surface area contributed by atoms with Crippen molar-refractivity contribution in [3.63, 3.8) is 0 Å². The minimum atomic E-state index is -0.272. The van der Waals surface area contributed by atoms with Gasteiger partial charge in [-0.05, 0) is 49.7 Å². The van der Waals surface area contributed by atoms with E-state index in [0.717, 1.165) is 57.8 Å². The van der Waals surface area contributed by atoms with Gasteiger partial charge in [-0.3, -0.25) is 15.2 Å². The Hall–Kier alpha value is -2.77. The molecule has 38 heavy (non-hydrogen) atoms. The number of amides is 1. The zero-order valence-electron chi connectivity index (χ0n) is 23.5. The molecule has 0 aliphatic rings. The van der Waals surface area contributed by atoms with E-state index in [1.54, 1.807) is 11.1 Å². The van der Waals surface area contributed by atoms with E-state index in [9.17, 15) is 10.1 Å². The number of likely N-dealkylation sites (N-methyl/N-ethyl adjacent to an activating group) is 1. The number of hydrazine groups is 1. The fourth-order valence-corrected chi connectivity index (χ4v) is 4.30. The molecule has 2 aromatic rings. The zero-order chi connectivity index (χ0) is 27.9. The average molecular weight is 543 g/mol. The summed E-state index contributed by atoms with van der Waals surface area (Å²) in [6.07, 6.45) is 2.51. The molecule has 10 heteroatoms. The predicted molar refractivity (Wildman–Crippen MR) is 154 cm³/mol. The van der Waals surface area contributed by atoms with E-state index < -0.39 is 0 Å². The molecule has 0 saturated heterocycles. The van der Waals surface area contributed by atoms with E-state index in [-0.39, 0.29) is 22.7 Å². The molecular weight excluding hydrogens is 500 g/mol. The highest BCUT2D eigenvalue weighted by Gasteiger charge is 2.19. The molecule has 0 radical (unpaired) electrons. The Morgan fingerprint density at radius 3 is 2.50 bits per heavy atom. The first-order valence-corrected chi connectivity index (χ1v) is 13.9. The predicted octanol–water partition coefficient (Wildman–Crippen LogP) is 3.95. The molecule has 1 heterocycles. The van der Waals surface area contributed by atoms with E-state index in [0.29, 0.717) is 24.5 Å². The molecule has 0 spiro atoms. The standard InChI is InChI=1S/C28H43ClN8O/c1-6-13-36(16-15-35(7-2)8-3)14-12-31-19-23-10-9-11-24(17-23)28(38)34-37(21-22(4)5)27-25(29)20-32-26(18-30)33-27/h9-11,17,20,22,31H,6-8,12-16,19,21H2,1-5H3,(H,34,38). The van der Waals surface area contributed by atoms with Crippen LogP contribution in [0.5, 0.6) is 0 Å². The number of nitrogens with one attached hydrogen (secondary N) is 2. The highest BCUT2D eigenvalue weighted by atomic mass is 35.5. The largest absolute Gasteiger partial charge is 0.311 e. The van der Waals surface area contributed by atoms with Crippen LogP contribution in [-0.4, -0.2) is 78.0 Å². The summed E-state index contributed by atoms with van der Waals surface area (Å²) in [5, 5.41) is 14.6. The van der Waals surface area contributed by atoms with Gasteiger partial charge < -0.3 is 15.1 Å². The highest BCUT2D eigenvalue weighted by molar-refractivity contribution is 6.32. The fraction of sp³-hybridized carbons (Fsp3) is 0.571. The van der Waals surface area contributed by atoms with Gasteiger partial charge in [0, 0.05) is 44.8 Å². The van der Waals surface area contributed by atoms with Crippen LogP contribution < -0.4 is 15.8 Å². The third kappa shape index (κ3) is 10.5. The van der Waals surface area contributed by atoms with Gasteiger partial charge >= 0.3 is 0 Å². The molecular formula is C28H43ClN8O.